The van der Waals surface area contributed by atoms with Crippen molar-refractivity contribution in [2.24, 2.45) is 0 Å². The van der Waals surface area contributed by atoms with E-state index in [-0.39, 0.29) is 19.5 Å². The van der Waals surface area contributed by atoms with Gasteiger partial charge in [-0.15, -0.1) is 10.2 Å². The molecule has 1 N–H and O–H groups in total. The summed E-state index contributed by atoms with van der Waals surface area (Å²) in [4.78, 5) is 16.9. The van der Waals surface area contributed by atoms with Gasteiger partial charge < -0.3 is 14.7 Å². The predicted octanol–water partition coefficient (Wildman–Crippen LogP) is 3.41. The number of amides is 1. The fraction of sp³-hybridized carbons (Fsp3) is 0.238. The largest absolute Gasteiger partial charge is 0.485 e. The van der Waals surface area contributed by atoms with Gasteiger partial charge in [-0.1, -0.05) is 24.3 Å². The van der Waals surface area contributed by atoms with E-state index in [0.29, 0.717) is 28.4 Å². The van der Waals surface area contributed by atoms with Gasteiger partial charge in [0.2, 0.25) is 0 Å². The monoisotopic (exact) mass is 407 g/mol. The molecule has 1 aliphatic rings. The molecule has 4 heterocycles. The van der Waals surface area contributed by atoms with E-state index in [1.54, 1.807) is 6.07 Å². The number of aromatic nitrogens is 4. The Kier molecular flexibility index (Phi) is 4.42. The van der Waals surface area contributed by atoms with E-state index >= 15 is 0 Å². The molecule has 2 unspecified atom stereocenters. The van der Waals surface area contributed by atoms with Crippen LogP contribution in [0, 0.1) is 0 Å². The van der Waals surface area contributed by atoms with Crippen molar-refractivity contribution in [2.45, 2.75) is 18.7 Å². The van der Waals surface area contributed by atoms with Crippen LogP contribution in [0.5, 0.6) is 5.75 Å². The van der Waals surface area contributed by atoms with Gasteiger partial charge >= 0.3 is 6.09 Å². The molecule has 1 aliphatic heterocycles. The van der Waals surface area contributed by atoms with E-state index < -0.39 is 18.4 Å². The molecule has 1 aromatic carbocycles. The molecular weight excluding hydrogens is 389 g/mol. The van der Waals surface area contributed by atoms with Crippen LogP contribution in [-0.4, -0.2) is 61.0 Å². The average Bonchev–Trinajstić information content (AvgIpc) is 3.19. The third-order valence-electron chi connectivity index (χ3n) is 5.26. The second kappa shape index (κ2) is 7.25. The minimum absolute atomic E-state index is 0.199. The highest BCUT2D eigenvalue weighted by molar-refractivity contribution is 5.86. The topological polar surface area (TPSA) is 92.8 Å². The molecule has 2 atom stereocenters. The summed E-state index contributed by atoms with van der Waals surface area (Å²) in [5, 5.41) is 18.3. The normalized spacial score (nSPS) is 19.3. The Labute approximate surface area is 170 Å². The summed E-state index contributed by atoms with van der Waals surface area (Å²) >= 11 is 0. The molecular formula is C21H18FN5O3. The maximum absolute atomic E-state index is 14.5. The molecule has 30 heavy (non-hydrogen) atoms. The number of halogens is 1. The molecule has 0 spiro atoms. The second-order valence-corrected chi connectivity index (χ2v) is 7.17. The van der Waals surface area contributed by atoms with Gasteiger partial charge in [-0.05, 0) is 24.3 Å². The maximum atomic E-state index is 14.5. The summed E-state index contributed by atoms with van der Waals surface area (Å²) in [5.41, 5.74) is 1.93. The minimum atomic E-state index is -1.41. The van der Waals surface area contributed by atoms with E-state index in [2.05, 4.69) is 10.2 Å². The van der Waals surface area contributed by atoms with Crippen molar-refractivity contribution >= 4 is 22.6 Å². The lowest BCUT2D eigenvalue weighted by Crippen LogP contribution is -2.48. The lowest BCUT2D eigenvalue weighted by molar-refractivity contribution is 0.0256. The number of likely N-dealkylation sites (tertiary alicyclic amines) is 1. The number of nitrogens with zero attached hydrogens (tertiary/aromatic N) is 5. The number of piperidine rings is 1. The molecule has 8 nitrogen and oxygen atoms in total. The van der Waals surface area contributed by atoms with E-state index in [0.717, 1.165) is 10.3 Å². The van der Waals surface area contributed by atoms with Crippen molar-refractivity contribution in [2.75, 3.05) is 13.1 Å². The van der Waals surface area contributed by atoms with Crippen LogP contribution in [0.4, 0.5) is 9.18 Å². The predicted molar refractivity (Wildman–Crippen MR) is 107 cm³/mol. The number of hydrogen-bond donors (Lipinski definition) is 1. The lowest BCUT2D eigenvalue weighted by Gasteiger charge is -2.33. The standard InChI is InChI=1S/C21H18FN5O3/c22-14-12-26(21(28)29)11-9-16(14)30-17-5-3-4-13-7-8-15(23-19(13)17)20-25-24-18-6-1-2-10-27(18)20/h1-8,10,14,16H,9,11-12H2,(H,28,29). The number of carbonyl (C=O) groups is 1. The Hall–Kier alpha value is -3.75. The van der Waals surface area contributed by atoms with Crippen molar-refractivity contribution in [3.05, 3.63) is 54.7 Å². The van der Waals surface area contributed by atoms with Crippen LogP contribution in [0.25, 0.3) is 28.1 Å². The van der Waals surface area contributed by atoms with E-state index in [4.69, 9.17) is 14.8 Å². The maximum Gasteiger partial charge on any atom is 0.407 e. The zero-order valence-electron chi connectivity index (χ0n) is 15.8. The van der Waals surface area contributed by atoms with Crippen molar-refractivity contribution in [1.82, 2.24) is 24.5 Å². The number of pyridine rings is 2. The van der Waals surface area contributed by atoms with Crippen LogP contribution in [0.2, 0.25) is 0 Å². The molecule has 152 valence electrons. The molecule has 9 heteroatoms. The SMILES string of the molecule is O=C(O)N1CCC(Oc2cccc3ccc(-c4nnc5ccccn45)nc23)C(F)C1. The van der Waals surface area contributed by atoms with Crippen LogP contribution < -0.4 is 4.74 Å². The Bertz CT molecular complexity index is 1240. The Morgan fingerprint density at radius 3 is 2.87 bits per heavy atom. The number of benzene rings is 1. The number of alkyl halides is 1. The summed E-state index contributed by atoms with van der Waals surface area (Å²) < 4.78 is 22.4. The average molecular weight is 407 g/mol. The number of para-hydroxylation sites is 1. The van der Waals surface area contributed by atoms with Gasteiger partial charge in [-0.2, -0.15) is 0 Å². The summed E-state index contributed by atoms with van der Waals surface area (Å²) in [5.74, 6) is 1.06. The lowest BCUT2D eigenvalue weighted by atomic mass is 10.1. The number of rotatable bonds is 3. The first kappa shape index (κ1) is 18.3. The fourth-order valence-corrected chi connectivity index (χ4v) is 3.71. The van der Waals surface area contributed by atoms with Gasteiger partial charge in [0.05, 0.1) is 6.54 Å². The number of ether oxygens (including phenoxy) is 1. The highest BCUT2D eigenvalue weighted by Gasteiger charge is 2.33. The van der Waals surface area contributed by atoms with Gasteiger partial charge in [-0.3, -0.25) is 4.40 Å². The Morgan fingerprint density at radius 2 is 2.03 bits per heavy atom. The van der Waals surface area contributed by atoms with Gasteiger partial charge in [-0.25, -0.2) is 14.2 Å². The zero-order chi connectivity index (χ0) is 20.7. The van der Waals surface area contributed by atoms with Gasteiger partial charge in [0, 0.05) is 24.5 Å². The zero-order valence-corrected chi connectivity index (χ0v) is 15.8. The van der Waals surface area contributed by atoms with Crippen LogP contribution in [-0.2, 0) is 0 Å². The first-order valence-electron chi connectivity index (χ1n) is 9.58. The molecule has 3 aromatic heterocycles. The Balaban J connectivity index is 1.49. The molecule has 1 amide bonds. The van der Waals surface area contributed by atoms with Crippen LogP contribution >= 0.6 is 0 Å². The molecule has 0 radical (unpaired) electrons. The third kappa shape index (κ3) is 3.18. The quantitative estimate of drug-likeness (QED) is 0.559. The smallest absolute Gasteiger partial charge is 0.407 e. The number of hydrogen-bond acceptors (Lipinski definition) is 5. The van der Waals surface area contributed by atoms with Gasteiger partial charge in [0.15, 0.2) is 17.6 Å². The van der Waals surface area contributed by atoms with E-state index in [1.807, 2.05) is 53.1 Å². The van der Waals surface area contributed by atoms with Crippen molar-refractivity contribution < 1.29 is 19.0 Å². The molecule has 0 aliphatic carbocycles. The highest BCUT2D eigenvalue weighted by Crippen LogP contribution is 2.30. The third-order valence-corrected chi connectivity index (χ3v) is 5.26. The first-order valence-corrected chi connectivity index (χ1v) is 9.58. The molecule has 5 rings (SSSR count). The van der Waals surface area contributed by atoms with Crippen LogP contribution in [0.3, 0.4) is 0 Å². The van der Waals surface area contributed by atoms with Crippen LogP contribution in [0.1, 0.15) is 6.42 Å². The molecule has 0 saturated carbocycles. The minimum Gasteiger partial charge on any atom is -0.485 e. The molecule has 1 fully saturated rings. The van der Waals surface area contributed by atoms with Gasteiger partial charge in [0.25, 0.3) is 0 Å². The van der Waals surface area contributed by atoms with E-state index in [9.17, 15) is 9.18 Å². The summed E-state index contributed by atoms with van der Waals surface area (Å²) in [6.07, 6.45) is -1.12. The van der Waals surface area contributed by atoms with Crippen molar-refractivity contribution in [3.63, 3.8) is 0 Å². The number of carboxylic acid groups (broad SMARTS) is 1. The van der Waals surface area contributed by atoms with Crippen LogP contribution in [0.15, 0.2) is 54.7 Å². The number of fused-ring (bicyclic) bond motifs is 2. The van der Waals surface area contributed by atoms with Gasteiger partial charge in [0.1, 0.15) is 23.1 Å². The summed E-state index contributed by atoms with van der Waals surface area (Å²) in [7, 11) is 0. The summed E-state index contributed by atoms with van der Waals surface area (Å²) in [6, 6.07) is 14.9. The molecule has 1 saturated heterocycles. The van der Waals surface area contributed by atoms with Crippen molar-refractivity contribution in [3.8, 4) is 17.3 Å². The molecule has 0 bridgehead atoms. The fourth-order valence-electron chi connectivity index (χ4n) is 3.71. The molecule has 4 aromatic rings. The first-order chi connectivity index (χ1) is 14.6. The highest BCUT2D eigenvalue weighted by atomic mass is 19.1. The van der Waals surface area contributed by atoms with Crippen molar-refractivity contribution in [1.29, 1.82) is 0 Å². The second-order valence-electron chi connectivity index (χ2n) is 7.17. The Morgan fingerprint density at radius 1 is 1.13 bits per heavy atom. The van der Waals surface area contributed by atoms with E-state index in [1.165, 1.54) is 0 Å². The summed E-state index contributed by atoms with van der Waals surface area (Å²) in [6.45, 7) is 0.0325.